The van der Waals surface area contributed by atoms with Crippen LogP contribution in [0.4, 0.5) is 5.69 Å². The summed E-state index contributed by atoms with van der Waals surface area (Å²) in [5.74, 6) is -0.703. The van der Waals surface area contributed by atoms with Crippen LogP contribution in [0.2, 0.25) is 0 Å². The molecule has 34 heavy (non-hydrogen) atoms. The first-order valence-corrected chi connectivity index (χ1v) is 11.0. The first-order chi connectivity index (χ1) is 16.4. The van der Waals surface area contributed by atoms with Crippen molar-refractivity contribution in [3.63, 3.8) is 0 Å². The first-order valence-electron chi connectivity index (χ1n) is 11.0. The lowest BCUT2D eigenvalue weighted by atomic mass is 9.94. The highest BCUT2D eigenvalue weighted by Gasteiger charge is 2.47. The van der Waals surface area contributed by atoms with E-state index in [0.717, 1.165) is 11.1 Å². The van der Waals surface area contributed by atoms with E-state index in [1.165, 1.54) is 17.3 Å². The number of pyridine rings is 1. The molecule has 7 nitrogen and oxygen atoms in total. The third-order valence-corrected chi connectivity index (χ3v) is 5.83. The van der Waals surface area contributed by atoms with Crippen molar-refractivity contribution in [3.8, 4) is 11.5 Å². The normalized spacial score (nSPS) is 17.2. The minimum absolute atomic E-state index is 0.00437. The minimum Gasteiger partial charge on any atom is -0.507 e. The van der Waals surface area contributed by atoms with Gasteiger partial charge in [-0.1, -0.05) is 18.2 Å². The van der Waals surface area contributed by atoms with Crippen molar-refractivity contribution >= 4 is 23.1 Å². The van der Waals surface area contributed by atoms with Gasteiger partial charge < -0.3 is 14.6 Å². The summed E-state index contributed by atoms with van der Waals surface area (Å²) in [6, 6.07) is 13.3. The number of ketones is 1. The molecule has 1 fully saturated rings. The minimum atomic E-state index is -0.862. The number of aliphatic hydroxyl groups is 1. The molecule has 174 valence electrons. The highest BCUT2D eigenvalue weighted by atomic mass is 16.5. The van der Waals surface area contributed by atoms with E-state index in [1.54, 1.807) is 37.4 Å². The maximum absolute atomic E-state index is 13.4. The number of anilines is 1. The number of benzene rings is 2. The third kappa shape index (κ3) is 4.01. The fourth-order valence-corrected chi connectivity index (χ4v) is 4.17. The van der Waals surface area contributed by atoms with E-state index in [9.17, 15) is 14.7 Å². The average Bonchev–Trinajstić information content (AvgIpc) is 3.11. The number of amides is 1. The second-order valence-electron chi connectivity index (χ2n) is 8.04. The molecular formula is C27H26N2O5. The Hall–Kier alpha value is -4.13. The summed E-state index contributed by atoms with van der Waals surface area (Å²) in [5, 5.41) is 11.2. The van der Waals surface area contributed by atoms with Gasteiger partial charge in [-0.15, -0.1) is 0 Å². The monoisotopic (exact) mass is 458 g/mol. The van der Waals surface area contributed by atoms with E-state index in [-0.39, 0.29) is 11.3 Å². The van der Waals surface area contributed by atoms with E-state index in [1.807, 2.05) is 39.0 Å². The summed E-state index contributed by atoms with van der Waals surface area (Å²) in [5.41, 5.74) is 3.40. The van der Waals surface area contributed by atoms with Crippen molar-refractivity contribution in [2.45, 2.75) is 26.8 Å². The molecule has 1 saturated heterocycles. The molecule has 1 aromatic heterocycles. The molecule has 1 unspecified atom stereocenters. The van der Waals surface area contributed by atoms with Crippen molar-refractivity contribution in [2.75, 3.05) is 18.6 Å². The zero-order valence-electron chi connectivity index (χ0n) is 19.5. The van der Waals surface area contributed by atoms with Gasteiger partial charge in [0.15, 0.2) is 11.5 Å². The summed E-state index contributed by atoms with van der Waals surface area (Å²) >= 11 is 0. The van der Waals surface area contributed by atoms with Gasteiger partial charge in [-0.2, -0.15) is 0 Å². The Morgan fingerprint density at radius 2 is 1.76 bits per heavy atom. The summed E-state index contributed by atoms with van der Waals surface area (Å²) in [4.78, 5) is 32.2. The molecule has 1 N–H and O–H groups in total. The van der Waals surface area contributed by atoms with Crippen LogP contribution in [0.15, 0.2) is 66.5 Å². The number of ether oxygens (including phenoxy) is 2. The molecule has 1 aliphatic rings. The van der Waals surface area contributed by atoms with Crippen molar-refractivity contribution < 1.29 is 24.2 Å². The fraction of sp³-hybridized carbons (Fsp3) is 0.222. The number of hydrogen-bond acceptors (Lipinski definition) is 6. The molecule has 0 saturated carbocycles. The first kappa shape index (κ1) is 23.0. The van der Waals surface area contributed by atoms with Crippen molar-refractivity contribution in [2.24, 2.45) is 0 Å². The standard InChI is InChI=1S/C27H26N2O5/c1-5-34-22-15-19(8-9-21(22)33-4)24-23(25(30)18-10-12-28-13-11-18)26(31)27(32)29(24)20-14-16(2)6-7-17(20)3/h6-15,24,30H,5H2,1-4H3/b25-23-. The van der Waals surface area contributed by atoms with E-state index in [2.05, 4.69) is 4.98 Å². The number of aryl methyl sites for hydroxylation is 2. The van der Waals surface area contributed by atoms with Gasteiger partial charge in [0.25, 0.3) is 11.7 Å². The smallest absolute Gasteiger partial charge is 0.300 e. The molecule has 0 radical (unpaired) electrons. The number of methoxy groups -OCH3 is 1. The van der Waals surface area contributed by atoms with Gasteiger partial charge in [0.1, 0.15) is 5.76 Å². The molecule has 3 aromatic rings. The van der Waals surface area contributed by atoms with Crippen molar-refractivity contribution in [1.82, 2.24) is 4.98 Å². The largest absolute Gasteiger partial charge is 0.507 e. The lowest BCUT2D eigenvalue weighted by Gasteiger charge is -2.27. The number of aliphatic hydroxyl groups excluding tert-OH is 1. The lowest BCUT2D eigenvalue weighted by molar-refractivity contribution is -0.132. The second kappa shape index (κ2) is 9.39. The van der Waals surface area contributed by atoms with Gasteiger partial charge >= 0.3 is 0 Å². The Labute approximate surface area is 198 Å². The maximum Gasteiger partial charge on any atom is 0.300 e. The van der Waals surface area contributed by atoms with Crippen molar-refractivity contribution in [3.05, 3.63) is 88.8 Å². The van der Waals surface area contributed by atoms with Crippen LogP contribution in [0.25, 0.3) is 5.76 Å². The molecule has 2 heterocycles. The molecule has 0 bridgehead atoms. The van der Waals surface area contributed by atoms with E-state index in [0.29, 0.717) is 34.9 Å². The third-order valence-electron chi connectivity index (χ3n) is 5.83. The van der Waals surface area contributed by atoms with E-state index < -0.39 is 17.7 Å². The van der Waals surface area contributed by atoms with Crippen LogP contribution >= 0.6 is 0 Å². The summed E-state index contributed by atoms with van der Waals surface area (Å²) in [7, 11) is 1.54. The zero-order chi connectivity index (χ0) is 24.4. The fourth-order valence-electron chi connectivity index (χ4n) is 4.17. The number of carbonyl (C=O) groups excluding carboxylic acids is 2. The predicted octanol–water partition coefficient (Wildman–Crippen LogP) is 4.73. The Kier molecular flexibility index (Phi) is 6.36. The summed E-state index contributed by atoms with van der Waals surface area (Å²) in [6.07, 6.45) is 3.04. The SMILES string of the molecule is CCOc1cc(C2/C(=C(/O)c3ccncc3)C(=O)C(=O)N2c2cc(C)ccc2C)ccc1OC. The highest BCUT2D eigenvalue weighted by Crippen LogP contribution is 2.45. The molecule has 1 atom stereocenters. The lowest BCUT2D eigenvalue weighted by Crippen LogP contribution is -2.30. The highest BCUT2D eigenvalue weighted by molar-refractivity contribution is 6.51. The molecule has 1 aliphatic heterocycles. The Morgan fingerprint density at radius 1 is 1.03 bits per heavy atom. The Balaban J connectivity index is 1.99. The Morgan fingerprint density at radius 3 is 2.44 bits per heavy atom. The molecule has 4 rings (SSSR count). The number of hydrogen-bond donors (Lipinski definition) is 1. The molecule has 0 spiro atoms. The topological polar surface area (TPSA) is 89.0 Å². The molecular weight excluding hydrogens is 432 g/mol. The molecule has 0 aliphatic carbocycles. The number of rotatable bonds is 6. The molecule has 1 amide bonds. The van der Waals surface area contributed by atoms with Gasteiger partial charge in [0, 0.05) is 23.6 Å². The van der Waals surface area contributed by atoms with Gasteiger partial charge in [-0.3, -0.25) is 19.5 Å². The maximum atomic E-state index is 13.4. The van der Waals surface area contributed by atoms with Gasteiger partial charge in [0.05, 0.1) is 25.3 Å². The number of Topliss-reactive ketones (excluding diaryl/α,β-unsaturated/α-hetero) is 1. The average molecular weight is 459 g/mol. The number of carbonyl (C=O) groups is 2. The van der Waals surface area contributed by atoms with Crippen LogP contribution in [0.3, 0.4) is 0 Å². The van der Waals surface area contributed by atoms with Crippen LogP contribution in [-0.2, 0) is 9.59 Å². The second-order valence-corrected chi connectivity index (χ2v) is 8.04. The van der Waals surface area contributed by atoms with Crippen LogP contribution in [0.5, 0.6) is 11.5 Å². The zero-order valence-corrected chi connectivity index (χ0v) is 19.5. The molecule has 7 heteroatoms. The van der Waals surface area contributed by atoms with Gasteiger partial charge in [-0.25, -0.2) is 0 Å². The Bertz CT molecular complexity index is 1280. The van der Waals surface area contributed by atoms with E-state index >= 15 is 0 Å². The van der Waals surface area contributed by atoms with Gasteiger partial charge in [-0.05, 0) is 67.8 Å². The van der Waals surface area contributed by atoms with Gasteiger partial charge in [0.2, 0.25) is 0 Å². The quantitative estimate of drug-likeness (QED) is 0.326. The van der Waals surface area contributed by atoms with Crippen LogP contribution in [0, 0.1) is 13.8 Å². The van der Waals surface area contributed by atoms with Crippen LogP contribution < -0.4 is 14.4 Å². The number of aromatic nitrogens is 1. The number of nitrogens with zero attached hydrogens (tertiary/aromatic N) is 2. The van der Waals surface area contributed by atoms with E-state index in [4.69, 9.17) is 9.47 Å². The summed E-state index contributed by atoms with van der Waals surface area (Å²) in [6.45, 7) is 6.07. The van der Waals surface area contributed by atoms with Crippen LogP contribution in [-0.4, -0.2) is 35.5 Å². The molecule has 2 aromatic carbocycles. The van der Waals surface area contributed by atoms with Crippen molar-refractivity contribution in [1.29, 1.82) is 0 Å². The van der Waals surface area contributed by atoms with Crippen LogP contribution in [0.1, 0.15) is 35.2 Å². The predicted molar refractivity (Wildman–Crippen MR) is 129 cm³/mol. The summed E-state index contributed by atoms with van der Waals surface area (Å²) < 4.78 is 11.2.